The number of benzene rings is 1. The zero-order valence-electron chi connectivity index (χ0n) is 20.1. The van der Waals surface area contributed by atoms with Crippen molar-refractivity contribution in [2.24, 2.45) is 0 Å². The molecule has 3 aromatic rings. The number of nitrogens with zero attached hydrogens (tertiary/aromatic N) is 3. The van der Waals surface area contributed by atoms with E-state index in [1.165, 1.54) is 0 Å². The maximum absolute atomic E-state index is 13.3. The van der Waals surface area contributed by atoms with Gasteiger partial charge in [0.25, 0.3) is 5.91 Å². The number of aryl methyl sites for hydroxylation is 2. The standard InChI is InChI=1S/C26H32N4O3/c1-16-6-7-20(14-27-16)21-12-23(26(31)28-15-25-17(2)19(4)29-33-25)18(3)24(13-21)30(5)22-8-10-32-11-9-22/h6-7,12-14,22H,8-11,15H2,1-5H3,(H,28,31). The Labute approximate surface area is 195 Å². The van der Waals surface area contributed by atoms with Gasteiger partial charge in [-0.05, 0) is 69.9 Å². The molecule has 33 heavy (non-hydrogen) atoms. The molecule has 0 radical (unpaired) electrons. The molecule has 2 aromatic heterocycles. The molecule has 4 rings (SSSR count). The largest absolute Gasteiger partial charge is 0.381 e. The first-order valence-corrected chi connectivity index (χ1v) is 11.4. The quantitative estimate of drug-likeness (QED) is 0.597. The SMILES string of the molecule is Cc1ccc(-c2cc(C(=O)NCc3onc(C)c3C)c(C)c(N(C)C3CCOCC3)c2)cn1. The Bertz CT molecular complexity index is 1130. The van der Waals surface area contributed by atoms with Crippen LogP contribution in [0.25, 0.3) is 11.1 Å². The molecule has 0 saturated carbocycles. The second-order valence-corrected chi connectivity index (χ2v) is 8.81. The first-order valence-electron chi connectivity index (χ1n) is 11.4. The number of hydrogen-bond acceptors (Lipinski definition) is 6. The van der Waals surface area contributed by atoms with E-state index in [1.54, 1.807) is 0 Å². The molecule has 1 N–H and O–H groups in total. The van der Waals surface area contributed by atoms with E-state index in [0.717, 1.165) is 65.4 Å². The Hall–Kier alpha value is -3.19. The Balaban J connectivity index is 1.69. The second-order valence-electron chi connectivity index (χ2n) is 8.81. The van der Waals surface area contributed by atoms with Crippen LogP contribution in [0.3, 0.4) is 0 Å². The van der Waals surface area contributed by atoms with Crippen LogP contribution in [0.5, 0.6) is 0 Å². The second kappa shape index (κ2) is 9.75. The van der Waals surface area contributed by atoms with E-state index in [4.69, 9.17) is 9.26 Å². The van der Waals surface area contributed by atoms with E-state index in [1.807, 2.05) is 52.1 Å². The number of aromatic nitrogens is 2. The summed E-state index contributed by atoms with van der Waals surface area (Å²) in [5, 5.41) is 7.00. The number of pyridine rings is 1. The van der Waals surface area contributed by atoms with Crippen molar-refractivity contribution in [2.75, 3.05) is 25.2 Å². The van der Waals surface area contributed by atoms with Gasteiger partial charge in [0.2, 0.25) is 0 Å². The fraction of sp³-hybridized carbons (Fsp3) is 0.423. The third-order valence-corrected chi connectivity index (χ3v) is 6.65. The molecule has 0 spiro atoms. The smallest absolute Gasteiger partial charge is 0.252 e. The highest BCUT2D eigenvalue weighted by Gasteiger charge is 2.23. The highest BCUT2D eigenvalue weighted by atomic mass is 16.5. The molecule has 1 aliphatic heterocycles. The highest BCUT2D eigenvalue weighted by Crippen LogP contribution is 2.33. The molecule has 0 aliphatic carbocycles. The van der Waals surface area contributed by atoms with Gasteiger partial charge in [-0.15, -0.1) is 0 Å². The number of nitrogens with one attached hydrogen (secondary N) is 1. The molecule has 7 nitrogen and oxygen atoms in total. The number of anilines is 1. The number of amides is 1. The number of ether oxygens (including phenoxy) is 1. The predicted octanol–water partition coefficient (Wildman–Crippen LogP) is 4.52. The third-order valence-electron chi connectivity index (χ3n) is 6.65. The number of rotatable bonds is 6. The van der Waals surface area contributed by atoms with Gasteiger partial charge in [0, 0.05) is 60.6 Å². The first kappa shape index (κ1) is 23.0. The van der Waals surface area contributed by atoms with Gasteiger partial charge in [0.05, 0.1) is 12.2 Å². The van der Waals surface area contributed by atoms with E-state index < -0.39 is 0 Å². The molecule has 0 unspecified atom stereocenters. The lowest BCUT2D eigenvalue weighted by Crippen LogP contribution is -2.37. The summed E-state index contributed by atoms with van der Waals surface area (Å²) < 4.78 is 10.9. The van der Waals surface area contributed by atoms with E-state index >= 15 is 0 Å². The van der Waals surface area contributed by atoms with Gasteiger partial charge in [-0.3, -0.25) is 9.78 Å². The van der Waals surface area contributed by atoms with Crippen LogP contribution in [-0.4, -0.2) is 42.4 Å². The van der Waals surface area contributed by atoms with Crippen LogP contribution in [0.4, 0.5) is 5.69 Å². The Morgan fingerprint density at radius 1 is 1.09 bits per heavy atom. The molecular formula is C26H32N4O3. The Kier molecular flexibility index (Phi) is 6.79. The van der Waals surface area contributed by atoms with Crippen molar-refractivity contribution in [1.29, 1.82) is 0 Å². The van der Waals surface area contributed by atoms with Crippen molar-refractivity contribution in [2.45, 2.75) is 53.1 Å². The number of hydrogen-bond donors (Lipinski definition) is 1. The average molecular weight is 449 g/mol. The molecule has 1 saturated heterocycles. The molecule has 0 atom stereocenters. The van der Waals surface area contributed by atoms with Gasteiger partial charge in [-0.1, -0.05) is 11.2 Å². The average Bonchev–Trinajstić information content (AvgIpc) is 3.15. The Morgan fingerprint density at radius 2 is 1.85 bits per heavy atom. The predicted molar refractivity (Wildman–Crippen MR) is 129 cm³/mol. The fourth-order valence-electron chi connectivity index (χ4n) is 4.26. The fourth-order valence-corrected chi connectivity index (χ4v) is 4.26. The minimum Gasteiger partial charge on any atom is -0.381 e. The zero-order chi connectivity index (χ0) is 23.5. The van der Waals surface area contributed by atoms with Crippen molar-refractivity contribution in [3.63, 3.8) is 0 Å². The van der Waals surface area contributed by atoms with Gasteiger partial charge in [0.1, 0.15) is 0 Å². The van der Waals surface area contributed by atoms with Gasteiger partial charge in [-0.2, -0.15) is 0 Å². The number of carbonyl (C=O) groups is 1. The Morgan fingerprint density at radius 3 is 2.48 bits per heavy atom. The van der Waals surface area contributed by atoms with Gasteiger partial charge >= 0.3 is 0 Å². The van der Waals surface area contributed by atoms with Crippen LogP contribution >= 0.6 is 0 Å². The summed E-state index contributed by atoms with van der Waals surface area (Å²) in [6, 6.07) is 8.54. The van der Waals surface area contributed by atoms with E-state index in [2.05, 4.69) is 33.5 Å². The summed E-state index contributed by atoms with van der Waals surface area (Å²) in [6.45, 7) is 9.65. The van der Waals surface area contributed by atoms with Crippen molar-refractivity contribution in [3.8, 4) is 11.1 Å². The monoisotopic (exact) mass is 448 g/mol. The molecule has 0 bridgehead atoms. The molecular weight excluding hydrogens is 416 g/mol. The molecule has 3 heterocycles. The normalized spacial score (nSPS) is 14.3. The summed E-state index contributed by atoms with van der Waals surface area (Å²) in [6.07, 6.45) is 3.80. The lowest BCUT2D eigenvalue weighted by atomic mass is 9.96. The summed E-state index contributed by atoms with van der Waals surface area (Å²) in [5.41, 5.74) is 7.37. The summed E-state index contributed by atoms with van der Waals surface area (Å²) >= 11 is 0. The van der Waals surface area contributed by atoms with Gasteiger partial charge in [0.15, 0.2) is 5.76 Å². The van der Waals surface area contributed by atoms with Crippen LogP contribution in [-0.2, 0) is 11.3 Å². The topological polar surface area (TPSA) is 80.5 Å². The van der Waals surface area contributed by atoms with E-state index in [0.29, 0.717) is 23.9 Å². The lowest BCUT2D eigenvalue weighted by Gasteiger charge is -2.34. The van der Waals surface area contributed by atoms with Crippen molar-refractivity contribution >= 4 is 11.6 Å². The maximum Gasteiger partial charge on any atom is 0.252 e. The van der Waals surface area contributed by atoms with E-state index in [9.17, 15) is 4.79 Å². The molecule has 174 valence electrons. The summed E-state index contributed by atoms with van der Waals surface area (Å²) in [4.78, 5) is 20.1. The molecule has 1 aromatic carbocycles. The highest BCUT2D eigenvalue weighted by molar-refractivity contribution is 5.98. The molecule has 1 fully saturated rings. The van der Waals surface area contributed by atoms with Crippen LogP contribution in [0.1, 0.15) is 51.5 Å². The van der Waals surface area contributed by atoms with Crippen LogP contribution in [0.2, 0.25) is 0 Å². The molecule has 1 aliphatic rings. The van der Waals surface area contributed by atoms with E-state index in [-0.39, 0.29) is 5.91 Å². The lowest BCUT2D eigenvalue weighted by molar-refractivity contribution is 0.0854. The third kappa shape index (κ3) is 4.93. The van der Waals surface area contributed by atoms with Gasteiger partial charge in [-0.25, -0.2) is 0 Å². The minimum atomic E-state index is -0.135. The molecule has 7 heteroatoms. The van der Waals surface area contributed by atoms with Crippen LogP contribution < -0.4 is 10.2 Å². The van der Waals surface area contributed by atoms with Crippen molar-refractivity contribution in [3.05, 3.63) is 64.3 Å². The zero-order valence-corrected chi connectivity index (χ0v) is 20.1. The van der Waals surface area contributed by atoms with Crippen LogP contribution in [0.15, 0.2) is 35.0 Å². The van der Waals surface area contributed by atoms with Gasteiger partial charge < -0.3 is 19.5 Å². The van der Waals surface area contributed by atoms with Crippen molar-refractivity contribution < 1.29 is 14.1 Å². The first-order chi connectivity index (χ1) is 15.8. The minimum absolute atomic E-state index is 0.135. The molecule has 1 amide bonds. The summed E-state index contributed by atoms with van der Waals surface area (Å²) in [7, 11) is 2.11. The summed E-state index contributed by atoms with van der Waals surface area (Å²) in [5.74, 6) is 0.543. The number of carbonyl (C=O) groups excluding carboxylic acids is 1. The van der Waals surface area contributed by atoms with Crippen LogP contribution in [0, 0.1) is 27.7 Å². The maximum atomic E-state index is 13.3. The van der Waals surface area contributed by atoms with Crippen molar-refractivity contribution in [1.82, 2.24) is 15.5 Å².